The second-order valence-electron chi connectivity index (χ2n) is 2.87. The van der Waals surface area contributed by atoms with E-state index in [-0.39, 0.29) is 0 Å². The zero-order valence-electron chi connectivity index (χ0n) is 8.27. The van der Waals surface area contributed by atoms with Crippen molar-refractivity contribution in [1.29, 1.82) is 0 Å². The van der Waals surface area contributed by atoms with Crippen molar-refractivity contribution in [2.24, 2.45) is 0 Å². The second kappa shape index (κ2) is 5.20. The van der Waals surface area contributed by atoms with Crippen LogP contribution in [0.3, 0.4) is 0 Å². The van der Waals surface area contributed by atoms with Crippen LogP contribution < -0.4 is 5.32 Å². The zero-order valence-corrected chi connectivity index (χ0v) is 9.90. The predicted octanol–water partition coefficient (Wildman–Crippen LogP) is 2.36. The number of anilines is 1. The molecule has 2 aromatic rings. The van der Waals surface area contributed by atoms with Crippen molar-refractivity contribution in [1.82, 2.24) is 9.59 Å². The Morgan fingerprint density at radius 2 is 2.40 bits per heavy atom. The Labute approximate surface area is 96.1 Å². The minimum absolute atomic E-state index is 0.505. The standard InChI is InChI=1S/C9H11N3OS2/c1-10-9-8(11-12-15-9)6-13-5-7-3-2-4-14-7/h2-4,10H,5-6H2,1H3. The first-order chi connectivity index (χ1) is 7.40. The van der Waals surface area contributed by atoms with Gasteiger partial charge in [0, 0.05) is 23.5 Å². The van der Waals surface area contributed by atoms with Gasteiger partial charge >= 0.3 is 0 Å². The summed E-state index contributed by atoms with van der Waals surface area (Å²) in [6.45, 7) is 1.14. The molecular weight excluding hydrogens is 230 g/mol. The van der Waals surface area contributed by atoms with E-state index in [0.29, 0.717) is 13.2 Å². The summed E-state index contributed by atoms with van der Waals surface area (Å²) in [6.07, 6.45) is 0. The molecule has 4 nitrogen and oxygen atoms in total. The summed E-state index contributed by atoms with van der Waals surface area (Å²) in [5.41, 5.74) is 0.874. The Morgan fingerprint density at radius 1 is 1.47 bits per heavy atom. The lowest BCUT2D eigenvalue weighted by Gasteiger charge is -2.01. The summed E-state index contributed by atoms with van der Waals surface area (Å²) in [7, 11) is 1.86. The third-order valence-corrected chi connectivity index (χ3v) is 3.48. The molecule has 0 saturated carbocycles. The van der Waals surface area contributed by atoms with Gasteiger partial charge < -0.3 is 10.1 Å². The Hall–Kier alpha value is -0.980. The van der Waals surface area contributed by atoms with Crippen LogP contribution >= 0.6 is 22.9 Å². The molecule has 0 aliphatic carbocycles. The van der Waals surface area contributed by atoms with Gasteiger partial charge in [0.05, 0.1) is 13.2 Å². The van der Waals surface area contributed by atoms with Crippen molar-refractivity contribution in [3.05, 3.63) is 28.1 Å². The van der Waals surface area contributed by atoms with Crippen molar-refractivity contribution in [3.63, 3.8) is 0 Å². The van der Waals surface area contributed by atoms with Crippen LogP contribution in [0.4, 0.5) is 5.00 Å². The molecule has 15 heavy (non-hydrogen) atoms. The molecule has 0 unspecified atom stereocenters. The van der Waals surface area contributed by atoms with Gasteiger partial charge in [0.2, 0.25) is 0 Å². The molecule has 2 aromatic heterocycles. The number of hydrogen-bond donors (Lipinski definition) is 1. The van der Waals surface area contributed by atoms with E-state index < -0.39 is 0 Å². The number of thiophene rings is 1. The van der Waals surface area contributed by atoms with Gasteiger partial charge in [-0.25, -0.2) is 0 Å². The van der Waals surface area contributed by atoms with Gasteiger partial charge in [0.15, 0.2) is 0 Å². The zero-order chi connectivity index (χ0) is 10.5. The van der Waals surface area contributed by atoms with Gasteiger partial charge in [-0.05, 0) is 11.4 Å². The molecule has 1 N–H and O–H groups in total. The highest BCUT2D eigenvalue weighted by atomic mass is 32.1. The highest BCUT2D eigenvalue weighted by Gasteiger charge is 2.05. The molecule has 6 heteroatoms. The Balaban J connectivity index is 1.83. The molecule has 0 bridgehead atoms. The van der Waals surface area contributed by atoms with Crippen LogP contribution in [0.5, 0.6) is 0 Å². The molecule has 0 atom stereocenters. The van der Waals surface area contributed by atoms with Gasteiger partial charge in [-0.1, -0.05) is 10.6 Å². The molecule has 0 fully saturated rings. The highest BCUT2D eigenvalue weighted by Crippen LogP contribution is 2.18. The van der Waals surface area contributed by atoms with Gasteiger partial charge in [0.25, 0.3) is 0 Å². The molecule has 2 heterocycles. The average molecular weight is 241 g/mol. The van der Waals surface area contributed by atoms with Crippen LogP contribution in [0.25, 0.3) is 0 Å². The van der Waals surface area contributed by atoms with E-state index in [1.807, 2.05) is 18.5 Å². The van der Waals surface area contributed by atoms with E-state index in [1.165, 1.54) is 16.4 Å². The van der Waals surface area contributed by atoms with Gasteiger partial charge in [-0.3, -0.25) is 0 Å². The molecule has 0 radical (unpaired) electrons. The van der Waals surface area contributed by atoms with E-state index in [2.05, 4.69) is 21.0 Å². The Morgan fingerprint density at radius 3 is 3.13 bits per heavy atom. The minimum atomic E-state index is 0.505. The molecule has 0 amide bonds. The SMILES string of the molecule is CNc1snnc1COCc1cccs1. The van der Waals surface area contributed by atoms with Crippen molar-refractivity contribution in [2.45, 2.75) is 13.2 Å². The Bertz CT molecular complexity index is 399. The molecule has 0 aromatic carbocycles. The number of rotatable bonds is 5. The third kappa shape index (κ3) is 2.74. The smallest absolute Gasteiger partial charge is 0.135 e. The summed E-state index contributed by atoms with van der Waals surface area (Å²) in [5, 5.41) is 10.0. The molecule has 0 aliphatic heterocycles. The number of aromatic nitrogens is 2. The Kier molecular flexibility index (Phi) is 3.65. The van der Waals surface area contributed by atoms with Gasteiger partial charge in [0.1, 0.15) is 10.7 Å². The fourth-order valence-corrected chi connectivity index (χ4v) is 2.29. The van der Waals surface area contributed by atoms with Crippen LogP contribution in [0.15, 0.2) is 17.5 Å². The van der Waals surface area contributed by atoms with Crippen LogP contribution in [-0.4, -0.2) is 16.6 Å². The molecule has 0 aliphatic rings. The summed E-state index contributed by atoms with van der Waals surface area (Å²) >= 11 is 3.04. The van der Waals surface area contributed by atoms with Crippen LogP contribution in [0.2, 0.25) is 0 Å². The van der Waals surface area contributed by atoms with E-state index in [4.69, 9.17) is 4.74 Å². The van der Waals surface area contributed by atoms with E-state index in [1.54, 1.807) is 11.3 Å². The van der Waals surface area contributed by atoms with E-state index in [9.17, 15) is 0 Å². The summed E-state index contributed by atoms with van der Waals surface area (Å²) in [6, 6.07) is 4.08. The lowest BCUT2D eigenvalue weighted by atomic mass is 10.4. The topological polar surface area (TPSA) is 47.0 Å². The lowest BCUT2D eigenvalue weighted by molar-refractivity contribution is 0.107. The lowest BCUT2D eigenvalue weighted by Crippen LogP contribution is -1.96. The van der Waals surface area contributed by atoms with Crippen LogP contribution in [-0.2, 0) is 18.0 Å². The summed E-state index contributed by atoms with van der Waals surface area (Å²) < 4.78 is 9.40. The molecular formula is C9H11N3OS2. The predicted molar refractivity (Wildman–Crippen MR) is 62.3 cm³/mol. The molecule has 0 spiro atoms. The second-order valence-corrected chi connectivity index (χ2v) is 4.66. The van der Waals surface area contributed by atoms with Crippen LogP contribution in [0, 0.1) is 0 Å². The highest BCUT2D eigenvalue weighted by molar-refractivity contribution is 7.10. The van der Waals surface area contributed by atoms with Crippen molar-refractivity contribution < 1.29 is 4.74 Å². The van der Waals surface area contributed by atoms with Crippen LogP contribution in [0.1, 0.15) is 10.6 Å². The van der Waals surface area contributed by atoms with Gasteiger partial charge in [-0.2, -0.15) is 0 Å². The maximum atomic E-state index is 5.54. The maximum absolute atomic E-state index is 5.54. The monoisotopic (exact) mass is 241 g/mol. The molecule has 80 valence electrons. The average Bonchev–Trinajstić information content (AvgIpc) is 2.88. The fraction of sp³-hybridized carbons (Fsp3) is 0.333. The third-order valence-electron chi connectivity index (χ3n) is 1.85. The van der Waals surface area contributed by atoms with Gasteiger partial charge in [-0.15, -0.1) is 16.4 Å². The van der Waals surface area contributed by atoms with Crippen molar-refractivity contribution in [2.75, 3.05) is 12.4 Å². The maximum Gasteiger partial charge on any atom is 0.135 e. The van der Waals surface area contributed by atoms with Crippen molar-refractivity contribution >= 4 is 27.9 Å². The number of nitrogens with zero attached hydrogens (tertiary/aromatic N) is 2. The van der Waals surface area contributed by atoms with E-state index >= 15 is 0 Å². The number of hydrogen-bond acceptors (Lipinski definition) is 6. The molecule has 2 rings (SSSR count). The first-order valence-corrected chi connectivity index (χ1v) is 6.14. The van der Waals surface area contributed by atoms with Crippen molar-refractivity contribution in [3.8, 4) is 0 Å². The van der Waals surface area contributed by atoms with E-state index in [0.717, 1.165) is 10.7 Å². The quantitative estimate of drug-likeness (QED) is 0.873. The molecule has 0 saturated heterocycles. The fourth-order valence-electron chi connectivity index (χ4n) is 1.14. The first kappa shape index (κ1) is 10.5. The largest absolute Gasteiger partial charge is 0.377 e. The first-order valence-electron chi connectivity index (χ1n) is 4.49. The minimum Gasteiger partial charge on any atom is -0.377 e. The normalized spacial score (nSPS) is 10.5. The number of nitrogens with one attached hydrogen (secondary N) is 1. The number of ether oxygens (including phenoxy) is 1. The summed E-state index contributed by atoms with van der Waals surface area (Å²) in [5.74, 6) is 0. The summed E-state index contributed by atoms with van der Waals surface area (Å²) in [4.78, 5) is 1.23.